The number of imidazole rings is 1. The van der Waals surface area contributed by atoms with Gasteiger partial charge in [-0.25, -0.2) is 14.3 Å². The van der Waals surface area contributed by atoms with Gasteiger partial charge < -0.3 is 24.9 Å². The lowest BCUT2D eigenvalue weighted by molar-refractivity contribution is 0.0996. The highest BCUT2D eigenvalue weighted by atomic mass is 16.4. The molecule has 0 bridgehead atoms. The lowest BCUT2D eigenvalue weighted by Gasteiger charge is -2.30. The molecule has 1 aliphatic heterocycles. The number of oxazole rings is 1. The summed E-state index contributed by atoms with van der Waals surface area (Å²) in [5.74, 6) is -0.469. The number of benzene rings is 1. The van der Waals surface area contributed by atoms with Crippen molar-refractivity contribution in [1.29, 1.82) is 0 Å². The second kappa shape index (κ2) is 7.48. The van der Waals surface area contributed by atoms with Gasteiger partial charge in [0.2, 0.25) is 5.76 Å². The van der Waals surface area contributed by atoms with E-state index in [0.717, 1.165) is 31.9 Å². The van der Waals surface area contributed by atoms with Crippen LogP contribution < -0.4 is 21.2 Å². The molecule has 10 nitrogen and oxygen atoms in total. The Hall–Kier alpha value is -3.92. The van der Waals surface area contributed by atoms with Crippen LogP contribution in [0.2, 0.25) is 0 Å². The van der Waals surface area contributed by atoms with Crippen LogP contribution in [0.1, 0.15) is 10.6 Å². The smallest absolute Gasteiger partial charge is 0.334 e. The molecule has 4 aromatic rings. The van der Waals surface area contributed by atoms with Crippen molar-refractivity contribution >= 4 is 28.3 Å². The first kappa shape index (κ1) is 18.1. The molecule has 1 fully saturated rings. The SMILES string of the molecule is O=C(Nc1cnccc1N1CCNCC1)c1cnc(-n2c(=O)[nH]c3ccccc32)o1. The van der Waals surface area contributed by atoms with E-state index in [1.807, 2.05) is 18.2 Å². The Morgan fingerprint density at radius 2 is 1.97 bits per heavy atom. The van der Waals surface area contributed by atoms with Crippen LogP contribution in [0.25, 0.3) is 17.0 Å². The zero-order valence-electron chi connectivity index (χ0n) is 16.0. The predicted octanol–water partition coefficient (Wildman–Crippen LogP) is 1.36. The van der Waals surface area contributed by atoms with E-state index in [-0.39, 0.29) is 11.8 Å². The number of hydrogen-bond donors (Lipinski definition) is 3. The second-order valence-corrected chi connectivity index (χ2v) is 6.87. The Morgan fingerprint density at radius 1 is 1.13 bits per heavy atom. The molecule has 0 radical (unpaired) electrons. The van der Waals surface area contributed by atoms with Crippen molar-refractivity contribution in [1.82, 2.24) is 24.8 Å². The fourth-order valence-corrected chi connectivity index (χ4v) is 3.57. The van der Waals surface area contributed by atoms with Crippen LogP contribution in [-0.2, 0) is 0 Å². The van der Waals surface area contributed by atoms with Gasteiger partial charge in [-0.2, -0.15) is 0 Å². The molecule has 30 heavy (non-hydrogen) atoms. The lowest BCUT2D eigenvalue weighted by Crippen LogP contribution is -2.43. The number of hydrogen-bond acceptors (Lipinski definition) is 7. The molecule has 3 N–H and O–H groups in total. The molecule has 1 amide bonds. The summed E-state index contributed by atoms with van der Waals surface area (Å²) >= 11 is 0. The Kier molecular flexibility index (Phi) is 4.52. The van der Waals surface area contributed by atoms with Crippen molar-refractivity contribution in [3.63, 3.8) is 0 Å². The first-order valence-corrected chi connectivity index (χ1v) is 9.58. The van der Waals surface area contributed by atoms with Crippen LogP contribution in [0.3, 0.4) is 0 Å². The number of carbonyl (C=O) groups is 1. The quantitative estimate of drug-likeness (QED) is 0.469. The topological polar surface area (TPSA) is 121 Å². The number of H-pyrrole nitrogens is 1. The second-order valence-electron chi connectivity index (χ2n) is 6.87. The Labute approximate surface area is 170 Å². The Bertz CT molecular complexity index is 1270. The molecule has 152 valence electrons. The largest absolute Gasteiger partial charge is 0.418 e. The molecule has 1 aliphatic rings. The molecule has 10 heteroatoms. The van der Waals surface area contributed by atoms with E-state index in [9.17, 15) is 9.59 Å². The van der Waals surface area contributed by atoms with Gasteiger partial charge >= 0.3 is 11.7 Å². The average molecular weight is 405 g/mol. The number of anilines is 2. The summed E-state index contributed by atoms with van der Waals surface area (Å²) in [6.45, 7) is 3.42. The van der Waals surface area contributed by atoms with E-state index in [0.29, 0.717) is 16.7 Å². The number of para-hydroxylation sites is 2. The summed E-state index contributed by atoms with van der Waals surface area (Å²) in [5.41, 5.74) is 2.37. The van der Waals surface area contributed by atoms with Crippen LogP contribution in [0.4, 0.5) is 11.4 Å². The van der Waals surface area contributed by atoms with Gasteiger partial charge in [0.15, 0.2) is 0 Å². The van der Waals surface area contributed by atoms with E-state index < -0.39 is 11.6 Å². The molecule has 4 heterocycles. The fourth-order valence-electron chi connectivity index (χ4n) is 3.57. The fraction of sp³-hybridized carbons (Fsp3) is 0.200. The van der Waals surface area contributed by atoms with Gasteiger partial charge in [0.1, 0.15) is 0 Å². The van der Waals surface area contributed by atoms with Crippen molar-refractivity contribution in [2.75, 3.05) is 36.4 Å². The minimum atomic E-state index is -0.467. The number of carbonyl (C=O) groups excluding carboxylic acids is 1. The van der Waals surface area contributed by atoms with Crippen molar-refractivity contribution in [3.8, 4) is 6.01 Å². The number of piperazine rings is 1. The minimum Gasteiger partial charge on any atom is -0.418 e. The molecule has 0 aliphatic carbocycles. The highest BCUT2D eigenvalue weighted by Crippen LogP contribution is 2.25. The van der Waals surface area contributed by atoms with Gasteiger partial charge in [-0.05, 0) is 18.2 Å². The third-order valence-corrected chi connectivity index (χ3v) is 5.00. The number of amides is 1. The first-order chi connectivity index (χ1) is 14.7. The van der Waals surface area contributed by atoms with Crippen molar-refractivity contribution in [3.05, 3.63) is 65.2 Å². The van der Waals surface area contributed by atoms with Gasteiger partial charge in [-0.3, -0.25) is 9.78 Å². The zero-order valence-corrected chi connectivity index (χ0v) is 16.0. The number of aromatic amines is 1. The molecule has 0 atom stereocenters. The molecule has 5 rings (SSSR count). The maximum atomic E-state index is 12.8. The third-order valence-electron chi connectivity index (χ3n) is 5.00. The molecular formula is C20H19N7O3. The Morgan fingerprint density at radius 3 is 2.83 bits per heavy atom. The number of rotatable bonds is 4. The molecule has 0 unspecified atom stereocenters. The molecule has 0 spiro atoms. The minimum absolute atomic E-state index is 0.00250. The number of fused-ring (bicyclic) bond motifs is 1. The van der Waals surface area contributed by atoms with Crippen LogP contribution in [0, 0.1) is 0 Å². The van der Waals surface area contributed by atoms with Crippen molar-refractivity contribution in [2.45, 2.75) is 0 Å². The number of nitrogens with zero attached hydrogens (tertiary/aromatic N) is 4. The van der Waals surface area contributed by atoms with E-state index in [1.165, 1.54) is 10.8 Å². The third kappa shape index (κ3) is 3.22. The number of aromatic nitrogens is 4. The summed E-state index contributed by atoms with van der Waals surface area (Å²) in [6, 6.07) is 9.08. The predicted molar refractivity (Wildman–Crippen MR) is 111 cm³/mol. The van der Waals surface area contributed by atoms with Gasteiger partial charge in [-0.15, -0.1) is 0 Å². The molecule has 3 aromatic heterocycles. The Balaban J connectivity index is 1.42. The summed E-state index contributed by atoms with van der Waals surface area (Å²) < 4.78 is 6.91. The highest BCUT2D eigenvalue weighted by Gasteiger charge is 2.20. The van der Waals surface area contributed by atoms with E-state index >= 15 is 0 Å². The maximum absolute atomic E-state index is 12.8. The summed E-state index contributed by atoms with van der Waals surface area (Å²) in [7, 11) is 0. The van der Waals surface area contributed by atoms with E-state index in [2.05, 4.69) is 30.5 Å². The van der Waals surface area contributed by atoms with Crippen molar-refractivity contribution in [2.24, 2.45) is 0 Å². The standard InChI is InChI=1S/C20H19N7O3/c28-18(24-14-11-22-6-5-15(14)26-9-7-21-8-10-26)17-12-23-20(30-17)27-16-4-2-1-3-13(16)25-19(27)29/h1-6,11-12,21H,7-10H2,(H,24,28)(H,25,29). The first-order valence-electron chi connectivity index (χ1n) is 9.58. The zero-order chi connectivity index (χ0) is 20.5. The van der Waals surface area contributed by atoms with Gasteiger partial charge in [0, 0.05) is 32.4 Å². The summed E-state index contributed by atoms with van der Waals surface area (Å²) in [5, 5.41) is 6.15. The van der Waals surface area contributed by atoms with Crippen LogP contribution in [0.15, 0.2) is 58.1 Å². The average Bonchev–Trinajstić information content (AvgIpc) is 3.38. The van der Waals surface area contributed by atoms with Crippen LogP contribution in [0.5, 0.6) is 0 Å². The maximum Gasteiger partial charge on any atom is 0.334 e. The molecule has 1 saturated heterocycles. The summed E-state index contributed by atoms with van der Waals surface area (Å²) in [4.78, 5) is 38.3. The highest BCUT2D eigenvalue weighted by molar-refractivity contribution is 6.04. The van der Waals surface area contributed by atoms with Gasteiger partial charge in [-0.1, -0.05) is 12.1 Å². The molecule has 1 aromatic carbocycles. The number of pyridine rings is 1. The summed E-state index contributed by atoms with van der Waals surface area (Å²) in [6.07, 6.45) is 4.61. The van der Waals surface area contributed by atoms with Gasteiger partial charge in [0.25, 0.3) is 5.91 Å². The monoisotopic (exact) mass is 405 g/mol. The van der Waals surface area contributed by atoms with Crippen LogP contribution in [-0.4, -0.2) is 51.6 Å². The van der Waals surface area contributed by atoms with Gasteiger partial charge in [0.05, 0.1) is 34.8 Å². The molecule has 0 saturated carbocycles. The van der Waals surface area contributed by atoms with Crippen molar-refractivity contribution < 1.29 is 9.21 Å². The molecular weight excluding hydrogens is 386 g/mol. The van der Waals surface area contributed by atoms with E-state index in [4.69, 9.17) is 4.42 Å². The number of nitrogens with one attached hydrogen (secondary N) is 3. The lowest BCUT2D eigenvalue weighted by atomic mass is 10.2. The van der Waals surface area contributed by atoms with Crippen LogP contribution >= 0.6 is 0 Å². The van der Waals surface area contributed by atoms with E-state index in [1.54, 1.807) is 24.5 Å². The normalized spacial score (nSPS) is 14.2.